The second kappa shape index (κ2) is 5.20. The van der Waals surface area contributed by atoms with E-state index in [2.05, 4.69) is 0 Å². The Kier molecular flexibility index (Phi) is 3.82. The minimum absolute atomic E-state index is 0.0801. The highest BCUT2D eigenvalue weighted by Crippen LogP contribution is 2.37. The molecule has 6 heteroatoms. The van der Waals surface area contributed by atoms with E-state index in [1.54, 1.807) is 0 Å². The van der Waals surface area contributed by atoms with E-state index in [1.165, 1.54) is 6.07 Å². The van der Waals surface area contributed by atoms with E-state index in [9.17, 15) is 4.39 Å². The van der Waals surface area contributed by atoms with Gasteiger partial charge in [-0.25, -0.2) is 4.39 Å². The van der Waals surface area contributed by atoms with Crippen LogP contribution in [0.3, 0.4) is 0 Å². The lowest BCUT2D eigenvalue weighted by Crippen LogP contribution is -2.35. The largest absolute Gasteiger partial charge is 0.397 e. The molecule has 4 nitrogen and oxygen atoms in total. The standard InChI is InChI=1S/C12H17ClFN3O/c13-10-8(15)5-9(16)12(11(10)14)17-3-1-7(6-18)2-4-17/h5,7,18H,1-4,6,15-16H2. The van der Waals surface area contributed by atoms with Crippen molar-refractivity contribution in [1.29, 1.82) is 0 Å². The lowest BCUT2D eigenvalue weighted by atomic mass is 9.97. The van der Waals surface area contributed by atoms with Crippen molar-refractivity contribution in [3.8, 4) is 0 Å². The zero-order chi connectivity index (χ0) is 13.3. The summed E-state index contributed by atoms with van der Waals surface area (Å²) in [5, 5.41) is 9.00. The maximum Gasteiger partial charge on any atom is 0.169 e. The molecule has 0 aliphatic carbocycles. The van der Waals surface area contributed by atoms with Gasteiger partial charge in [0.2, 0.25) is 0 Å². The van der Waals surface area contributed by atoms with Gasteiger partial charge in [-0.3, -0.25) is 0 Å². The fourth-order valence-corrected chi connectivity index (χ4v) is 2.46. The number of anilines is 3. The second-order valence-corrected chi connectivity index (χ2v) is 5.02. The minimum Gasteiger partial charge on any atom is -0.397 e. The van der Waals surface area contributed by atoms with Crippen LogP contribution in [0.2, 0.25) is 5.02 Å². The highest BCUT2D eigenvalue weighted by molar-refractivity contribution is 6.33. The normalized spacial score (nSPS) is 17.2. The first kappa shape index (κ1) is 13.2. The molecule has 1 heterocycles. The molecule has 0 amide bonds. The summed E-state index contributed by atoms with van der Waals surface area (Å²) in [6, 6.07) is 1.48. The predicted octanol–water partition coefficient (Wildman–Crippen LogP) is 1.85. The van der Waals surface area contributed by atoms with Gasteiger partial charge in [-0.1, -0.05) is 11.6 Å². The number of nitrogens with two attached hydrogens (primary N) is 2. The Hall–Kier alpha value is -1.20. The molecule has 0 radical (unpaired) electrons. The monoisotopic (exact) mass is 273 g/mol. The van der Waals surface area contributed by atoms with Gasteiger partial charge >= 0.3 is 0 Å². The molecule has 18 heavy (non-hydrogen) atoms. The molecular weight excluding hydrogens is 257 g/mol. The molecule has 0 atom stereocenters. The van der Waals surface area contributed by atoms with Crippen molar-refractivity contribution in [2.75, 3.05) is 36.1 Å². The van der Waals surface area contributed by atoms with Crippen molar-refractivity contribution in [2.45, 2.75) is 12.8 Å². The van der Waals surface area contributed by atoms with E-state index >= 15 is 0 Å². The molecule has 0 spiro atoms. The van der Waals surface area contributed by atoms with Crippen LogP contribution in [0.15, 0.2) is 6.07 Å². The molecule has 0 aromatic heterocycles. The number of hydrogen-bond donors (Lipinski definition) is 3. The van der Waals surface area contributed by atoms with Gasteiger partial charge in [0, 0.05) is 19.7 Å². The van der Waals surface area contributed by atoms with Crippen molar-refractivity contribution in [3.63, 3.8) is 0 Å². The summed E-state index contributed by atoms with van der Waals surface area (Å²) in [6.07, 6.45) is 1.63. The molecule has 2 rings (SSSR count). The lowest BCUT2D eigenvalue weighted by molar-refractivity contribution is 0.203. The predicted molar refractivity (Wildman–Crippen MR) is 72.3 cm³/mol. The maximum absolute atomic E-state index is 14.1. The summed E-state index contributed by atoms with van der Waals surface area (Å²) >= 11 is 5.81. The van der Waals surface area contributed by atoms with Crippen LogP contribution in [0.1, 0.15) is 12.8 Å². The summed E-state index contributed by atoms with van der Waals surface area (Å²) < 4.78 is 14.1. The number of rotatable bonds is 2. The number of piperidine rings is 1. The molecule has 1 aliphatic heterocycles. The van der Waals surface area contributed by atoms with Crippen LogP contribution >= 0.6 is 11.6 Å². The Bertz CT molecular complexity index is 447. The Labute approximate surface area is 110 Å². The number of aliphatic hydroxyl groups excluding tert-OH is 1. The Morgan fingerprint density at radius 2 is 1.94 bits per heavy atom. The van der Waals surface area contributed by atoms with Gasteiger partial charge in [-0.2, -0.15) is 0 Å². The van der Waals surface area contributed by atoms with Crippen molar-refractivity contribution < 1.29 is 9.50 Å². The SMILES string of the molecule is Nc1cc(N)c(N2CCC(CO)CC2)c(F)c1Cl. The van der Waals surface area contributed by atoms with Gasteiger partial charge in [-0.15, -0.1) is 0 Å². The fraction of sp³-hybridized carbons (Fsp3) is 0.500. The van der Waals surface area contributed by atoms with Crippen molar-refractivity contribution in [2.24, 2.45) is 5.92 Å². The molecule has 1 saturated heterocycles. The summed E-state index contributed by atoms with van der Waals surface area (Å²) in [6.45, 7) is 1.49. The third-order valence-corrected chi connectivity index (χ3v) is 3.81. The van der Waals surface area contributed by atoms with Crippen LogP contribution in [0.4, 0.5) is 21.5 Å². The van der Waals surface area contributed by atoms with Crippen molar-refractivity contribution in [1.82, 2.24) is 0 Å². The zero-order valence-electron chi connectivity index (χ0n) is 10.00. The molecule has 1 aromatic carbocycles. The van der Waals surface area contributed by atoms with E-state index < -0.39 is 5.82 Å². The van der Waals surface area contributed by atoms with Crippen molar-refractivity contribution in [3.05, 3.63) is 16.9 Å². The van der Waals surface area contributed by atoms with Crippen LogP contribution in [-0.4, -0.2) is 24.8 Å². The number of halogens is 2. The highest BCUT2D eigenvalue weighted by atomic mass is 35.5. The molecular formula is C12H17ClFN3O. The quantitative estimate of drug-likeness (QED) is 0.719. The second-order valence-electron chi connectivity index (χ2n) is 4.64. The molecule has 1 aromatic rings. The third-order valence-electron chi connectivity index (χ3n) is 3.43. The average molecular weight is 274 g/mol. The Balaban J connectivity index is 2.27. The first-order valence-corrected chi connectivity index (χ1v) is 6.31. The smallest absolute Gasteiger partial charge is 0.169 e. The highest BCUT2D eigenvalue weighted by Gasteiger charge is 2.24. The number of nitrogens with zero attached hydrogens (tertiary/aromatic N) is 1. The molecule has 0 unspecified atom stereocenters. The van der Waals surface area contributed by atoms with E-state index in [0.29, 0.717) is 24.5 Å². The van der Waals surface area contributed by atoms with Crippen LogP contribution in [0.5, 0.6) is 0 Å². The van der Waals surface area contributed by atoms with Gasteiger partial charge < -0.3 is 21.5 Å². The summed E-state index contributed by atoms with van der Waals surface area (Å²) in [4.78, 5) is 1.86. The maximum atomic E-state index is 14.1. The molecule has 1 fully saturated rings. The fourth-order valence-electron chi connectivity index (χ4n) is 2.32. The van der Waals surface area contributed by atoms with Gasteiger partial charge in [0.15, 0.2) is 5.82 Å². The zero-order valence-corrected chi connectivity index (χ0v) is 10.8. The van der Waals surface area contributed by atoms with Crippen LogP contribution in [0.25, 0.3) is 0 Å². The summed E-state index contributed by atoms with van der Waals surface area (Å²) in [5.41, 5.74) is 12.2. The molecule has 100 valence electrons. The van der Waals surface area contributed by atoms with Gasteiger partial charge in [0.25, 0.3) is 0 Å². The third kappa shape index (κ3) is 2.33. The molecule has 0 saturated carbocycles. The van der Waals surface area contributed by atoms with Crippen molar-refractivity contribution >= 4 is 28.7 Å². The number of benzene rings is 1. The Morgan fingerprint density at radius 3 is 2.50 bits per heavy atom. The van der Waals surface area contributed by atoms with Crippen LogP contribution in [-0.2, 0) is 0 Å². The molecule has 1 aliphatic rings. The topological polar surface area (TPSA) is 75.5 Å². The van der Waals surface area contributed by atoms with Crippen LogP contribution < -0.4 is 16.4 Å². The van der Waals surface area contributed by atoms with E-state index in [1.807, 2.05) is 4.90 Å². The van der Waals surface area contributed by atoms with Gasteiger partial charge in [0.05, 0.1) is 17.1 Å². The number of nitrogen functional groups attached to an aromatic ring is 2. The molecule has 5 N–H and O–H groups in total. The first-order chi connectivity index (χ1) is 8.54. The van der Waals surface area contributed by atoms with E-state index in [4.69, 9.17) is 28.2 Å². The first-order valence-electron chi connectivity index (χ1n) is 5.93. The lowest BCUT2D eigenvalue weighted by Gasteiger charge is -2.34. The van der Waals surface area contributed by atoms with Crippen LogP contribution in [0, 0.1) is 11.7 Å². The number of hydrogen-bond acceptors (Lipinski definition) is 4. The summed E-state index contributed by atoms with van der Waals surface area (Å²) in [5.74, 6) is -0.272. The minimum atomic E-state index is -0.559. The average Bonchev–Trinajstić information content (AvgIpc) is 2.37. The van der Waals surface area contributed by atoms with Gasteiger partial charge in [-0.05, 0) is 24.8 Å². The number of aliphatic hydroxyl groups is 1. The van der Waals surface area contributed by atoms with E-state index in [0.717, 1.165) is 12.8 Å². The van der Waals surface area contributed by atoms with E-state index in [-0.39, 0.29) is 23.2 Å². The Morgan fingerprint density at radius 1 is 1.33 bits per heavy atom. The summed E-state index contributed by atoms with van der Waals surface area (Å²) in [7, 11) is 0. The van der Waals surface area contributed by atoms with Gasteiger partial charge in [0.1, 0.15) is 5.02 Å². The molecule has 0 bridgehead atoms.